The Balaban J connectivity index is 1.45. The van der Waals surface area contributed by atoms with E-state index < -0.39 is 47.9 Å². The van der Waals surface area contributed by atoms with Crippen molar-refractivity contribution in [3.63, 3.8) is 0 Å². The summed E-state index contributed by atoms with van der Waals surface area (Å²) in [6.45, 7) is 3.27. The quantitative estimate of drug-likeness (QED) is 0.309. The van der Waals surface area contributed by atoms with Gasteiger partial charge in [-0.25, -0.2) is 14.4 Å². The topological polar surface area (TPSA) is 129 Å². The molecule has 0 unspecified atom stereocenters. The van der Waals surface area contributed by atoms with Crippen molar-refractivity contribution in [3.05, 3.63) is 41.3 Å². The second-order valence-electron chi connectivity index (χ2n) is 10.5. The second kappa shape index (κ2) is 10.7. The average Bonchev–Trinajstić information content (AvgIpc) is 3.57. The largest absolute Gasteiger partial charge is 0.493 e. The highest BCUT2D eigenvalue weighted by Crippen LogP contribution is 2.40. The normalized spacial score (nSPS) is 21.8. The van der Waals surface area contributed by atoms with Gasteiger partial charge in [0.15, 0.2) is 0 Å². The molecule has 3 aromatic rings. The molecule has 2 aliphatic rings. The third kappa shape index (κ3) is 5.74. The van der Waals surface area contributed by atoms with Gasteiger partial charge >= 0.3 is 6.18 Å². The van der Waals surface area contributed by atoms with E-state index in [1.54, 1.807) is 6.92 Å². The van der Waals surface area contributed by atoms with E-state index >= 15 is 0 Å². The molecule has 5 rings (SSSR count). The Morgan fingerprint density at radius 3 is 2.62 bits per heavy atom. The minimum atomic E-state index is -4.59. The Morgan fingerprint density at radius 1 is 1.20 bits per heavy atom. The summed E-state index contributed by atoms with van der Waals surface area (Å²) in [6.07, 6.45) is -4.03. The number of benzene rings is 1. The fourth-order valence-electron chi connectivity index (χ4n) is 4.93. The van der Waals surface area contributed by atoms with Crippen molar-refractivity contribution in [3.8, 4) is 17.0 Å². The number of aromatic nitrogens is 3. The molecule has 2 fully saturated rings. The number of nitrogens with one attached hydrogen (secondary N) is 3. The number of aryl methyl sites for hydroxylation is 1. The number of aliphatic hydroxyl groups is 1. The van der Waals surface area contributed by atoms with Crippen molar-refractivity contribution < 1.29 is 37.0 Å². The number of aliphatic hydroxyl groups excluding tert-OH is 1. The van der Waals surface area contributed by atoms with Crippen molar-refractivity contribution in [1.29, 1.82) is 0 Å². The zero-order chi connectivity index (χ0) is 28.8. The van der Waals surface area contributed by atoms with Crippen LogP contribution in [0.3, 0.4) is 0 Å². The highest BCUT2D eigenvalue weighted by molar-refractivity contribution is 6.09. The van der Waals surface area contributed by atoms with Crippen molar-refractivity contribution in [1.82, 2.24) is 25.6 Å². The predicted octanol–water partition coefficient (Wildman–Crippen LogP) is 3.84. The molecule has 2 heterocycles. The molecule has 0 saturated heterocycles. The summed E-state index contributed by atoms with van der Waals surface area (Å²) in [7, 11) is 0. The van der Waals surface area contributed by atoms with Gasteiger partial charge < -0.3 is 25.5 Å². The smallest absolute Gasteiger partial charge is 0.416 e. The van der Waals surface area contributed by atoms with Crippen LogP contribution >= 0.6 is 0 Å². The number of aromatic amines is 1. The third-order valence-electron chi connectivity index (χ3n) is 7.26. The fraction of sp³-hybridized carbons (Fsp3) is 0.481. The van der Waals surface area contributed by atoms with Crippen molar-refractivity contribution in [2.75, 3.05) is 6.61 Å². The van der Waals surface area contributed by atoms with Crippen LogP contribution in [-0.2, 0) is 11.0 Å². The first kappa shape index (κ1) is 27.8. The van der Waals surface area contributed by atoms with Gasteiger partial charge in [0.2, 0.25) is 5.91 Å². The number of halogens is 4. The van der Waals surface area contributed by atoms with Crippen LogP contribution in [0.4, 0.5) is 17.6 Å². The first-order chi connectivity index (χ1) is 18.9. The number of hydrogen-bond donors (Lipinski definition) is 4. The number of carbonyl (C=O) groups is 2. The summed E-state index contributed by atoms with van der Waals surface area (Å²) in [6, 6.07) is 1.73. The van der Waals surface area contributed by atoms with Gasteiger partial charge in [-0.05, 0) is 57.2 Å². The van der Waals surface area contributed by atoms with Gasteiger partial charge in [-0.15, -0.1) is 0 Å². The van der Waals surface area contributed by atoms with Crippen molar-refractivity contribution >= 4 is 22.8 Å². The lowest BCUT2D eigenvalue weighted by molar-refractivity contribution is -0.137. The van der Waals surface area contributed by atoms with E-state index in [2.05, 4.69) is 25.6 Å². The summed E-state index contributed by atoms with van der Waals surface area (Å²) in [4.78, 5) is 36.6. The van der Waals surface area contributed by atoms with Gasteiger partial charge in [-0.3, -0.25) is 9.59 Å². The van der Waals surface area contributed by atoms with E-state index in [1.807, 2.05) is 0 Å². The highest BCUT2D eigenvalue weighted by atomic mass is 19.4. The van der Waals surface area contributed by atoms with Crippen LogP contribution < -0.4 is 15.4 Å². The molecule has 0 aliphatic heterocycles. The number of nitrogens with zero attached hydrogens (tertiary/aromatic N) is 2. The Bertz CT molecular complexity index is 1440. The van der Waals surface area contributed by atoms with Gasteiger partial charge in [0.1, 0.15) is 35.6 Å². The second-order valence-corrected chi connectivity index (χ2v) is 10.5. The van der Waals surface area contributed by atoms with E-state index in [4.69, 9.17) is 4.74 Å². The summed E-state index contributed by atoms with van der Waals surface area (Å²) >= 11 is 0. The lowest BCUT2D eigenvalue weighted by Crippen LogP contribution is -2.41. The molecule has 214 valence electrons. The van der Waals surface area contributed by atoms with E-state index in [9.17, 15) is 32.3 Å². The van der Waals surface area contributed by atoms with Gasteiger partial charge in [0, 0.05) is 23.7 Å². The summed E-state index contributed by atoms with van der Waals surface area (Å²) in [5.41, 5.74) is 0.246. The first-order valence-corrected chi connectivity index (χ1v) is 13.0. The van der Waals surface area contributed by atoms with Crippen LogP contribution in [0.2, 0.25) is 0 Å². The average molecular weight is 564 g/mol. The van der Waals surface area contributed by atoms with Gasteiger partial charge in [0.25, 0.3) is 5.91 Å². The molecule has 0 bridgehead atoms. The Labute approximate surface area is 226 Å². The van der Waals surface area contributed by atoms with Crippen molar-refractivity contribution in [2.45, 2.75) is 70.1 Å². The molecule has 9 nitrogen and oxygen atoms in total. The van der Waals surface area contributed by atoms with Crippen molar-refractivity contribution in [2.24, 2.45) is 5.92 Å². The van der Waals surface area contributed by atoms with Crippen LogP contribution in [-0.4, -0.2) is 62.8 Å². The monoisotopic (exact) mass is 563 g/mol. The summed E-state index contributed by atoms with van der Waals surface area (Å²) in [5, 5.41) is 14.6. The number of carbonyl (C=O) groups excluding carboxylic acids is 2. The fourth-order valence-corrected chi connectivity index (χ4v) is 4.93. The summed E-state index contributed by atoms with van der Waals surface area (Å²) < 4.78 is 61.4. The molecule has 4 atom stereocenters. The maximum absolute atomic E-state index is 14.7. The SMILES string of the molecule is Cc1[nH]c2c(-c3cc(C(F)(F)F)ccc3OCC3CC3)ncnc2c1C(=O)N[C@@H]1C[C@@H](NC(=O)[C@H](C)O)C[C@H]1F. The molecule has 2 saturated carbocycles. The van der Waals surface area contributed by atoms with Crippen LogP contribution in [0.25, 0.3) is 22.3 Å². The number of fused-ring (bicyclic) bond motifs is 1. The third-order valence-corrected chi connectivity index (χ3v) is 7.26. The van der Waals surface area contributed by atoms with E-state index in [0.29, 0.717) is 18.2 Å². The minimum absolute atomic E-state index is 0.0260. The number of hydrogen-bond acceptors (Lipinski definition) is 6. The standard InChI is InChI=1S/C27H29F4N5O4/c1-12-21(26(39)36-19-9-16(8-18(19)28)35-25(38)13(2)37)23-24(34-12)22(32-11-33-23)17-7-15(27(29,30)31)5-6-20(17)40-10-14-3-4-14/h5-7,11,13-14,16,18-19,34,37H,3-4,8-10H2,1-2H3,(H,35,38)(H,36,39)/t13-,16-,18+,19+/m0/s1. The van der Waals surface area contributed by atoms with Crippen LogP contribution in [0, 0.1) is 12.8 Å². The Morgan fingerprint density at radius 2 is 1.95 bits per heavy atom. The Hall–Kier alpha value is -3.74. The molecule has 40 heavy (non-hydrogen) atoms. The molecule has 0 radical (unpaired) electrons. The molecular formula is C27H29F4N5O4. The van der Waals surface area contributed by atoms with Gasteiger partial charge in [-0.2, -0.15) is 13.2 Å². The first-order valence-electron chi connectivity index (χ1n) is 13.0. The maximum Gasteiger partial charge on any atom is 0.416 e. The molecule has 13 heteroatoms. The number of H-pyrrole nitrogens is 1. The lowest BCUT2D eigenvalue weighted by atomic mass is 10.0. The van der Waals surface area contributed by atoms with Gasteiger partial charge in [-0.1, -0.05) is 0 Å². The van der Waals surface area contributed by atoms with Gasteiger partial charge in [0.05, 0.1) is 29.3 Å². The molecule has 4 N–H and O–H groups in total. The van der Waals surface area contributed by atoms with E-state index in [1.165, 1.54) is 13.0 Å². The molecular weight excluding hydrogens is 534 g/mol. The minimum Gasteiger partial charge on any atom is -0.493 e. The number of alkyl halides is 4. The molecule has 2 aromatic heterocycles. The number of amides is 2. The Kier molecular flexibility index (Phi) is 7.42. The molecule has 2 amide bonds. The maximum atomic E-state index is 14.7. The highest BCUT2D eigenvalue weighted by Gasteiger charge is 2.38. The van der Waals surface area contributed by atoms with Crippen LogP contribution in [0.1, 0.15) is 54.2 Å². The zero-order valence-electron chi connectivity index (χ0n) is 21.8. The van der Waals surface area contributed by atoms with Crippen LogP contribution in [0.15, 0.2) is 24.5 Å². The van der Waals surface area contributed by atoms with E-state index in [0.717, 1.165) is 31.3 Å². The summed E-state index contributed by atoms with van der Waals surface area (Å²) in [5.74, 6) is -0.665. The molecule has 2 aliphatic carbocycles. The number of rotatable bonds is 8. The van der Waals surface area contributed by atoms with E-state index in [-0.39, 0.29) is 46.4 Å². The van der Waals surface area contributed by atoms with Crippen LogP contribution in [0.5, 0.6) is 5.75 Å². The lowest BCUT2D eigenvalue weighted by Gasteiger charge is -2.16. The zero-order valence-corrected chi connectivity index (χ0v) is 21.8. The number of ether oxygens (including phenoxy) is 1. The predicted molar refractivity (Wildman–Crippen MR) is 136 cm³/mol. The molecule has 0 spiro atoms. The molecule has 1 aromatic carbocycles.